The van der Waals surface area contributed by atoms with Gasteiger partial charge < -0.3 is 14.6 Å². The van der Waals surface area contributed by atoms with Gasteiger partial charge in [-0.05, 0) is 35.8 Å². The summed E-state index contributed by atoms with van der Waals surface area (Å²) in [6, 6.07) is 7.71. The first-order chi connectivity index (χ1) is 14.7. The van der Waals surface area contributed by atoms with E-state index < -0.39 is 17.6 Å². The van der Waals surface area contributed by atoms with Crippen LogP contribution in [0.1, 0.15) is 28.9 Å². The SMILES string of the molecule is CN(Cc1oc2ccccc2c1C(F)(F)F)C(=O)/C=C/c1cnc2c(c1)CCC(=O)N2. The zero-order valence-electron chi connectivity index (χ0n) is 16.5. The third-order valence-corrected chi connectivity index (χ3v) is 4.99. The fourth-order valence-electron chi connectivity index (χ4n) is 3.47. The second-order valence-electron chi connectivity index (χ2n) is 7.25. The van der Waals surface area contributed by atoms with Gasteiger partial charge in [-0.3, -0.25) is 9.59 Å². The van der Waals surface area contributed by atoms with Crippen molar-refractivity contribution >= 4 is 34.7 Å². The molecule has 0 fully saturated rings. The average molecular weight is 429 g/mol. The van der Waals surface area contributed by atoms with Gasteiger partial charge in [0, 0.05) is 31.1 Å². The smallest absolute Gasteiger partial charge is 0.420 e. The second kappa shape index (κ2) is 7.90. The first kappa shape index (κ1) is 20.6. The molecular weight excluding hydrogens is 411 g/mol. The highest BCUT2D eigenvalue weighted by Crippen LogP contribution is 2.39. The molecule has 0 aliphatic carbocycles. The monoisotopic (exact) mass is 429 g/mol. The molecule has 1 aromatic carbocycles. The number of hydrogen-bond acceptors (Lipinski definition) is 4. The van der Waals surface area contributed by atoms with Crippen LogP contribution in [-0.2, 0) is 28.7 Å². The van der Waals surface area contributed by atoms with Gasteiger partial charge in [0.1, 0.15) is 22.7 Å². The minimum absolute atomic E-state index is 0.0337. The highest BCUT2D eigenvalue weighted by Gasteiger charge is 2.38. The molecule has 1 N–H and O–H groups in total. The molecule has 0 bridgehead atoms. The molecule has 9 heteroatoms. The minimum atomic E-state index is -4.61. The van der Waals surface area contributed by atoms with Crippen molar-refractivity contribution < 1.29 is 27.2 Å². The number of hydrogen-bond donors (Lipinski definition) is 1. The first-order valence-corrected chi connectivity index (χ1v) is 9.52. The normalized spacial score (nSPS) is 14.0. The molecule has 0 radical (unpaired) electrons. The summed E-state index contributed by atoms with van der Waals surface area (Å²) in [7, 11) is 1.40. The number of alkyl halides is 3. The van der Waals surface area contributed by atoms with Crippen LogP contribution in [0.5, 0.6) is 0 Å². The molecule has 4 rings (SSSR count). The number of pyridine rings is 1. The van der Waals surface area contributed by atoms with E-state index in [0.717, 1.165) is 10.5 Å². The summed E-state index contributed by atoms with van der Waals surface area (Å²) >= 11 is 0. The summed E-state index contributed by atoms with van der Waals surface area (Å²) in [4.78, 5) is 29.2. The van der Waals surface area contributed by atoms with Crippen molar-refractivity contribution in [3.8, 4) is 0 Å². The topological polar surface area (TPSA) is 75.4 Å². The van der Waals surface area contributed by atoms with Crippen LogP contribution in [0.2, 0.25) is 0 Å². The van der Waals surface area contributed by atoms with Crippen LogP contribution in [0, 0.1) is 0 Å². The Morgan fingerprint density at radius 2 is 2.06 bits per heavy atom. The predicted octanol–water partition coefficient (Wildman–Crippen LogP) is 4.40. The van der Waals surface area contributed by atoms with Gasteiger partial charge in [-0.1, -0.05) is 18.2 Å². The van der Waals surface area contributed by atoms with Gasteiger partial charge in [0.25, 0.3) is 0 Å². The minimum Gasteiger partial charge on any atom is -0.459 e. The van der Waals surface area contributed by atoms with E-state index >= 15 is 0 Å². The molecule has 0 unspecified atom stereocenters. The van der Waals surface area contributed by atoms with E-state index in [-0.39, 0.29) is 29.2 Å². The zero-order valence-corrected chi connectivity index (χ0v) is 16.5. The van der Waals surface area contributed by atoms with Crippen molar-refractivity contribution in [2.24, 2.45) is 0 Å². The lowest BCUT2D eigenvalue weighted by Gasteiger charge is -2.16. The largest absolute Gasteiger partial charge is 0.459 e. The quantitative estimate of drug-likeness (QED) is 0.624. The van der Waals surface area contributed by atoms with E-state index in [4.69, 9.17) is 4.42 Å². The van der Waals surface area contributed by atoms with Crippen molar-refractivity contribution in [3.05, 3.63) is 65.1 Å². The standard InChI is InChI=1S/C22H18F3N3O3/c1-28(12-17-20(22(23,24)25)15-4-2-3-5-16(15)31-17)19(30)9-6-13-10-14-7-8-18(29)27-21(14)26-11-13/h2-6,9-11H,7-8,12H2,1H3,(H,26,27,29)/b9-6+. The Morgan fingerprint density at radius 1 is 1.29 bits per heavy atom. The van der Waals surface area contributed by atoms with E-state index in [1.807, 2.05) is 6.07 Å². The van der Waals surface area contributed by atoms with E-state index in [1.54, 1.807) is 6.07 Å². The molecule has 3 heterocycles. The molecule has 0 saturated heterocycles. The van der Waals surface area contributed by atoms with E-state index in [0.29, 0.717) is 24.2 Å². The molecule has 2 amide bonds. The zero-order chi connectivity index (χ0) is 22.2. The van der Waals surface area contributed by atoms with Gasteiger partial charge in [0.15, 0.2) is 0 Å². The lowest BCUT2D eigenvalue weighted by atomic mass is 10.0. The summed E-state index contributed by atoms with van der Waals surface area (Å²) in [6.07, 6.45) is 0.617. The van der Waals surface area contributed by atoms with Crippen molar-refractivity contribution in [2.75, 3.05) is 12.4 Å². The molecule has 6 nitrogen and oxygen atoms in total. The predicted molar refractivity (Wildman–Crippen MR) is 108 cm³/mol. The number of furan rings is 1. The highest BCUT2D eigenvalue weighted by atomic mass is 19.4. The van der Waals surface area contributed by atoms with Crippen molar-refractivity contribution in [2.45, 2.75) is 25.6 Å². The number of fused-ring (bicyclic) bond motifs is 2. The maximum Gasteiger partial charge on any atom is 0.420 e. The lowest BCUT2D eigenvalue weighted by Crippen LogP contribution is -2.25. The van der Waals surface area contributed by atoms with E-state index in [1.165, 1.54) is 43.6 Å². The number of amides is 2. The molecule has 31 heavy (non-hydrogen) atoms. The van der Waals surface area contributed by atoms with Crippen LogP contribution in [0.3, 0.4) is 0 Å². The molecule has 0 spiro atoms. The van der Waals surface area contributed by atoms with Crippen molar-refractivity contribution in [3.63, 3.8) is 0 Å². The number of rotatable bonds is 4. The summed E-state index contributed by atoms with van der Waals surface area (Å²) < 4.78 is 46.2. The maximum absolute atomic E-state index is 13.6. The first-order valence-electron chi connectivity index (χ1n) is 9.52. The Labute approximate surface area is 175 Å². The third-order valence-electron chi connectivity index (χ3n) is 4.99. The molecule has 2 aromatic heterocycles. The van der Waals surface area contributed by atoms with Crippen LogP contribution < -0.4 is 5.32 Å². The number of aromatic nitrogens is 1. The highest BCUT2D eigenvalue weighted by molar-refractivity contribution is 5.94. The number of halogens is 3. The van der Waals surface area contributed by atoms with Crippen LogP contribution in [0.15, 0.2) is 47.0 Å². The fraction of sp³-hybridized carbons (Fsp3) is 0.227. The summed E-state index contributed by atoms with van der Waals surface area (Å²) in [5.74, 6) is -0.394. The van der Waals surface area contributed by atoms with E-state index in [2.05, 4.69) is 10.3 Å². The summed E-state index contributed by atoms with van der Waals surface area (Å²) in [5.41, 5.74) is 0.761. The van der Waals surface area contributed by atoms with Gasteiger partial charge >= 0.3 is 6.18 Å². The van der Waals surface area contributed by atoms with Crippen molar-refractivity contribution in [1.29, 1.82) is 0 Å². The van der Waals surface area contributed by atoms with Gasteiger partial charge in [-0.15, -0.1) is 0 Å². The number of para-hydroxylation sites is 1. The Bertz CT molecular complexity index is 1200. The molecule has 1 aliphatic rings. The molecule has 1 aliphatic heterocycles. The Balaban J connectivity index is 1.51. The number of carbonyl (C=O) groups is 2. The second-order valence-corrected chi connectivity index (χ2v) is 7.25. The Kier molecular flexibility index (Phi) is 5.26. The molecule has 160 valence electrons. The third kappa shape index (κ3) is 4.30. The van der Waals surface area contributed by atoms with Gasteiger partial charge in [0.05, 0.1) is 6.54 Å². The Hall–Kier alpha value is -3.62. The number of likely N-dealkylation sites (N-methyl/N-ethyl adjacent to an activating group) is 1. The maximum atomic E-state index is 13.6. The summed E-state index contributed by atoms with van der Waals surface area (Å²) in [6.45, 7) is -0.332. The number of benzene rings is 1. The molecular formula is C22H18F3N3O3. The van der Waals surface area contributed by atoms with Crippen LogP contribution in [0.4, 0.5) is 19.0 Å². The number of anilines is 1. The van der Waals surface area contributed by atoms with Gasteiger partial charge in [-0.25, -0.2) is 4.98 Å². The van der Waals surface area contributed by atoms with Gasteiger partial charge in [-0.2, -0.15) is 13.2 Å². The lowest BCUT2D eigenvalue weighted by molar-refractivity contribution is -0.138. The molecule has 0 atom stereocenters. The molecule has 0 saturated carbocycles. The number of nitrogens with one attached hydrogen (secondary N) is 1. The van der Waals surface area contributed by atoms with Crippen LogP contribution >= 0.6 is 0 Å². The number of aryl methyl sites for hydroxylation is 1. The summed E-state index contributed by atoms with van der Waals surface area (Å²) in [5, 5.41) is 2.64. The van der Waals surface area contributed by atoms with Gasteiger partial charge in [0.2, 0.25) is 11.8 Å². The number of nitrogens with zero attached hydrogens (tertiary/aromatic N) is 2. The van der Waals surface area contributed by atoms with Crippen molar-refractivity contribution in [1.82, 2.24) is 9.88 Å². The fourth-order valence-corrected chi connectivity index (χ4v) is 3.47. The average Bonchev–Trinajstić information content (AvgIpc) is 3.10. The van der Waals surface area contributed by atoms with E-state index in [9.17, 15) is 22.8 Å². The number of carbonyl (C=O) groups excluding carboxylic acids is 2. The molecule has 3 aromatic rings. The Morgan fingerprint density at radius 3 is 2.84 bits per heavy atom. The van der Waals surface area contributed by atoms with Crippen LogP contribution in [-0.4, -0.2) is 28.7 Å². The van der Waals surface area contributed by atoms with Crippen LogP contribution in [0.25, 0.3) is 17.0 Å².